The molecule has 0 bridgehead atoms. The number of nitrogens with two attached hydrogens (primary N) is 1. The number of urea groups is 1. The van der Waals surface area contributed by atoms with Crippen LogP contribution in [0.2, 0.25) is 0 Å². The molecule has 0 unspecified atom stereocenters. The molecule has 26 heavy (non-hydrogen) atoms. The monoisotopic (exact) mass is 362 g/mol. The Bertz CT molecular complexity index is 598. The van der Waals surface area contributed by atoms with E-state index in [4.69, 9.17) is 10.5 Å². The molecule has 0 aromatic heterocycles. The molecular formula is C19H30N4O3. The van der Waals surface area contributed by atoms with E-state index in [0.29, 0.717) is 37.5 Å². The van der Waals surface area contributed by atoms with Crippen LogP contribution in [0, 0.1) is 0 Å². The van der Waals surface area contributed by atoms with Crippen molar-refractivity contribution in [1.29, 1.82) is 0 Å². The molecule has 1 aromatic carbocycles. The molecule has 7 nitrogen and oxygen atoms in total. The van der Waals surface area contributed by atoms with Crippen LogP contribution < -0.4 is 16.4 Å². The third-order valence-corrected chi connectivity index (χ3v) is 4.22. The first-order chi connectivity index (χ1) is 12.5. The lowest BCUT2D eigenvalue weighted by molar-refractivity contribution is 0.00844. The number of benzene rings is 1. The molecule has 4 N–H and O–H groups in total. The molecule has 0 radical (unpaired) electrons. The summed E-state index contributed by atoms with van der Waals surface area (Å²) in [6.07, 6.45) is 2.75. The molecule has 144 valence electrons. The molecule has 0 saturated carbocycles. The number of nitrogens with one attached hydrogen (secondary N) is 2. The van der Waals surface area contributed by atoms with E-state index in [9.17, 15) is 9.59 Å². The molecule has 1 aliphatic heterocycles. The van der Waals surface area contributed by atoms with Gasteiger partial charge in [0.05, 0.1) is 6.10 Å². The average Bonchev–Trinajstić information content (AvgIpc) is 2.61. The number of rotatable bonds is 7. The van der Waals surface area contributed by atoms with Crippen LogP contribution in [-0.4, -0.2) is 55.2 Å². The lowest BCUT2D eigenvalue weighted by Gasteiger charge is -2.32. The standard InChI is InChI=1S/C19H30N4O3/c1-14(2)21-19(25)22-16-6-3-5-15(13-16)18(24)23-10-7-17(8-11-23)26-12-4-9-20/h3,5-6,13-14,17H,4,7-12,20H2,1-2H3,(H2,21,22,25). The van der Waals surface area contributed by atoms with Crippen molar-refractivity contribution in [2.45, 2.75) is 45.3 Å². The topological polar surface area (TPSA) is 96.7 Å². The number of anilines is 1. The molecule has 1 saturated heterocycles. The third-order valence-electron chi connectivity index (χ3n) is 4.22. The molecule has 0 aliphatic carbocycles. The Morgan fingerprint density at radius 3 is 2.69 bits per heavy atom. The normalized spacial score (nSPS) is 15.2. The molecule has 1 aromatic rings. The van der Waals surface area contributed by atoms with E-state index in [0.717, 1.165) is 19.3 Å². The number of nitrogens with zero attached hydrogens (tertiary/aromatic N) is 1. The minimum absolute atomic E-state index is 0.0154. The second-order valence-electron chi connectivity index (χ2n) is 6.84. The minimum Gasteiger partial charge on any atom is -0.378 e. The van der Waals surface area contributed by atoms with Gasteiger partial charge in [-0.2, -0.15) is 0 Å². The van der Waals surface area contributed by atoms with Crippen molar-refractivity contribution < 1.29 is 14.3 Å². The Morgan fingerprint density at radius 2 is 2.04 bits per heavy atom. The van der Waals surface area contributed by atoms with Crippen LogP contribution in [0.3, 0.4) is 0 Å². The summed E-state index contributed by atoms with van der Waals surface area (Å²) in [5.41, 5.74) is 6.66. The SMILES string of the molecule is CC(C)NC(=O)Nc1cccc(C(=O)N2CCC(OCCCN)CC2)c1. The van der Waals surface area contributed by atoms with E-state index in [2.05, 4.69) is 10.6 Å². The van der Waals surface area contributed by atoms with Gasteiger partial charge in [-0.15, -0.1) is 0 Å². The molecule has 1 heterocycles. The highest BCUT2D eigenvalue weighted by atomic mass is 16.5. The van der Waals surface area contributed by atoms with Crippen molar-refractivity contribution in [3.63, 3.8) is 0 Å². The van der Waals surface area contributed by atoms with Crippen molar-refractivity contribution in [3.05, 3.63) is 29.8 Å². The zero-order valence-corrected chi connectivity index (χ0v) is 15.7. The second kappa shape index (κ2) is 10.1. The Morgan fingerprint density at radius 1 is 1.31 bits per heavy atom. The van der Waals surface area contributed by atoms with Crippen molar-refractivity contribution in [1.82, 2.24) is 10.2 Å². The van der Waals surface area contributed by atoms with Crippen LogP contribution in [-0.2, 0) is 4.74 Å². The van der Waals surface area contributed by atoms with Gasteiger partial charge in [0.15, 0.2) is 0 Å². The summed E-state index contributed by atoms with van der Waals surface area (Å²) in [7, 11) is 0. The van der Waals surface area contributed by atoms with Crippen molar-refractivity contribution in [3.8, 4) is 0 Å². The predicted octanol–water partition coefficient (Wildman–Crippen LogP) is 2.19. The molecule has 1 fully saturated rings. The van der Waals surface area contributed by atoms with Gasteiger partial charge in [-0.3, -0.25) is 4.79 Å². The van der Waals surface area contributed by atoms with Crippen LogP contribution in [0.25, 0.3) is 0 Å². The van der Waals surface area contributed by atoms with Crippen molar-refractivity contribution in [2.24, 2.45) is 5.73 Å². The summed E-state index contributed by atoms with van der Waals surface area (Å²) in [5.74, 6) is -0.0154. The van der Waals surface area contributed by atoms with E-state index < -0.39 is 0 Å². The highest BCUT2D eigenvalue weighted by Crippen LogP contribution is 2.18. The summed E-state index contributed by atoms with van der Waals surface area (Å²) in [4.78, 5) is 26.4. The average molecular weight is 362 g/mol. The first kappa shape index (κ1) is 20.2. The summed E-state index contributed by atoms with van der Waals surface area (Å²) < 4.78 is 5.78. The molecule has 2 rings (SSSR count). The van der Waals surface area contributed by atoms with E-state index in [1.54, 1.807) is 24.3 Å². The second-order valence-corrected chi connectivity index (χ2v) is 6.84. The molecule has 0 spiro atoms. The lowest BCUT2D eigenvalue weighted by atomic mass is 10.1. The number of carbonyl (C=O) groups is 2. The highest BCUT2D eigenvalue weighted by Gasteiger charge is 2.24. The number of piperidine rings is 1. The quantitative estimate of drug-likeness (QED) is 0.648. The number of carbonyl (C=O) groups excluding carboxylic acids is 2. The number of amides is 3. The maximum Gasteiger partial charge on any atom is 0.319 e. The van der Waals surface area contributed by atoms with Crippen LogP contribution in [0.15, 0.2) is 24.3 Å². The van der Waals surface area contributed by atoms with Crippen LogP contribution in [0.4, 0.5) is 10.5 Å². The van der Waals surface area contributed by atoms with Gasteiger partial charge in [0.2, 0.25) is 0 Å². The van der Waals surface area contributed by atoms with Gasteiger partial charge >= 0.3 is 6.03 Å². The maximum absolute atomic E-state index is 12.7. The van der Waals surface area contributed by atoms with E-state index >= 15 is 0 Å². The van der Waals surface area contributed by atoms with Crippen molar-refractivity contribution >= 4 is 17.6 Å². The zero-order chi connectivity index (χ0) is 18.9. The minimum atomic E-state index is -0.278. The number of hydrogen-bond donors (Lipinski definition) is 3. The van der Waals surface area contributed by atoms with Gasteiger partial charge in [-0.1, -0.05) is 6.07 Å². The van der Waals surface area contributed by atoms with Crippen LogP contribution in [0.5, 0.6) is 0 Å². The van der Waals surface area contributed by atoms with Gasteiger partial charge in [-0.05, 0) is 57.9 Å². The summed E-state index contributed by atoms with van der Waals surface area (Å²) in [5, 5.41) is 5.52. The molecule has 3 amide bonds. The van der Waals surface area contributed by atoms with Gasteiger partial charge < -0.3 is 26.0 Å². The fraction of sp³-hybridized carbons (Fsp3) is 0.579. The van der Waals surface area contributed by atoms with Crippen LogP contribution in [0.1, 0.15) is 43.5 Å². The Balaban J connectivity index is 1.88. The fourth-order valence-corrected chi connectivity index (χ4v) is 2.90. The van der Waals surface area contributed by atoms with E-state index in [1.807, 2.05) is 18.7 Å². The first-order valence-electron chi connectivity index (χ1n) is 9.28. The van der Waals surface area contributed by atoms with Crippen LogP contribution >= 0.6 is 0 Å². The predicted molar refractivity (Wildman–Crippen MR) is 102 cm³/mol. The largest absolute Gasteiger partial charge is 0.378 e. The van der Waals surface area contributed by atoms with E-state index in [-0.39, 0.29) is 24.1 Å². The lowest BCUT2D eigenvalue weighted by Crippen LogP contribution is -2.41. The molecule has 0 atom stereocenters. The smallest absolute Gasteiger partial charge is 0.319 e. The zero-order valence-electron chi connectivity index (χ0n) is 15.7. The summed E-state index contributed by atoms with van der Waals surface area (Å²) in [6.45, 7) is 6.46. The van der Waals surface area contributed by atoms with Gasteiger partial charge in [0, 0.05) is 37.0 Å². The van der Waals surface area contributed by atoms with Gasteiger partial charge in [-0.25, -0.2) is 4.79 Å². The Kier molecular flexibility index (Phi) is 7.87. The first-order valence-corrected chi connectivity index (χ1v) is 9.28. The third kappa shape index (κ3) is 6.31. The van der Waals surface area contributed by atoms with Gasteiger partial charge in [0.1, 0.15) is 0 Å². The Hall–Kier alpha value is -2.12. The summed E-state index contributed by atoms with van der Waals surface area (Å²) >= 11 is 0. The van der Waals surface area contributed by atoms with E-state index in [1.165, 1.54) is 0 Å². The molecule has 7 heteroatoms. The number of hydrogen-bond acceptors (Lipinski definition) is 4. The number of ether oxygens (including phenoxy) is 1. The number of likely N-dealkylation sites (tertiary alicyclic amines) is 1. The molecule has 1 aliphatic rings. The molecular weight excluding hydrogens is 332 g/mol. The summed E-state index contributed by atoms with van der Waals surface area (Å²) in [6, 6.07) is 6.81. The maximum atomic E-state index is 12.7. The van der Waals surface area contributed by atoms with Crippen molar-refractivity contribution in [2.75, 3.05) is 31.6 Å². The fourth-order valence-electron chi connectivity index (χ4n) is 2.90. The van der Waals surface area contributed by atoms with Gasteiger partial charge in [0.25, 0.3) is 5.91 Å². The highest BCUT2D eigenvalue weighted by molar-refractivity contribution is 5.97. The Labute approximate surface area is 155 Å².